The Morgan fingerprint density at radius 1 is 0.944 bits per heavy atom. The van der Waals surface area contributed by atoms with Gasteiger partial charge in [-0.15, -0.1) is 0 Å². The van der Waals surface area contributed by atoms with Gasteiger partial charge in [-0.05, 0) is 65.2 Å². The van der Waals surface area contributed by atoms with Crippen LogP contribution in [0.1, 0.15) is 73.3 Å². The first-order chi connectivity index (χ1) is 16.5. The lowest BCUT2D eigenvalue weighted by Crippen LogP contribution is -2.52. The van der Waals surface area contributed by atoms with Gasteiger partial charge in [0.1, 0.15) is 11.6 Å². The first-order valence-electron chi connectivity index (χ1n) is 11.9. The van der Waals surface area contributed by atoms with E-state index in [9.17, 15) is 24.3 Å². The van der Waals surface area contributed by atoms with Gasteiger partial charge < -0.3 is 29.8 Å². The Labute approximate surface area is 212 Å². The molecule has 0 aromatic heterocycles. The molecule has 1 aromatic rings. The van der Waals surface area contributed by atoms with Crippen molar-refractivity contribution in [2.24, 2.45) is 16.6 Å². The van der Waals surface area contributed by atoms with Gasteiger partial charge in [-0.2, -0.15) is 0 Å². The Bertz CT molecular complexity index is 970. The zero-order chi connectivity index (χ0) is 27.9. The van der Waals surface area contributed by atoms with E-state index in [0.717, 1.165) is 7.11 Å². The van der Waals surface area contributed by atoms with Crippen molar-refractivity contribution in [1.29, 1.82) is 0 Å². The summed E-state index contributed by atoms with van der Waals surface area (Å²) in [6.07, 6.45) is -1.17. The molecule has 0 saturated carbocycles. The highest BCUT2D eigenvalue weighted by Gasteiger charge is 2.38. The highest BCUT2D eigenvalue weighted by atomic mass is 16.7. The Hall–Kier alpha value is -3.14. The van der Waals surface area contributed by atoms with E-state index in [0.29, 0.717) is 18.4 Å². The maximum absolute atomic E-state index is 12.8. The number of carbonyl (C=O) groups excluding carboxylic acids is 3. The van der Waals surface area contributed by atoms with E-state index in [1.165, 1.54) is 19.1 Å². The van der Waals surface area contributed by atoms with Crippen LogP contribution in [0.5, 0.6) is 11.5 Å². The zero-order valence-electron chi connectivity index (χ0n) is 22.4. The summed E-state index contributed by atoms with van der Waals surface area (Å²) < 4.78 is 20.6. The molecule has 2 atom stereocenters. The smallest absolute Gasteiger partial charge is 0.480 e. The molecule has 202 valence electrons. The van der Waals surface area contributed by atoms with E-state index < -0.39 is 46.5 Å². The summed E-state index contributed by atoms with van der Waals surface area (Å²) in [5.74, 6) is -2.34. The summed E-state index contributed by atoms with van der Waals surface area (Å²) >= 11 is 0. The lowest BCUT2D eigenvalue weighted by Gasteiger charge is -2.28. The van der Waals surface area contributed by atoms with Crippen LogP contribution in [0.25, 0.3) is 0 Å². The van der Waals surface area contributed by atoms with Crippen LogP contribution >= 0.6 is 0 Å². The molecule has 1 unspecified atom stereocenters. The van der Waals surface area contributed by atoms with E-state index in [1.807, 2.05) is 13.8 Å². The summed E-state index contributed by atoms with van der Waals surface area (Å²) in [5, 5.41) is 9.83. The summed E-state index contributed by atoms with van der Waals surface area (Å²) in [7, 11) is 1.14. The summed E-state index contributed by atoms with van der Waals surface area (Å²) in [5.41, 5.74) is 3.22. The molecule has 0 aliphatic carbocycles. The molecule has 0 aliphatic rings. The standard InChI is InChI=1S/C26H39NO9/c1-9-24(4,5)21(30)35-18-12-11-17(13-19(18)36-22(31)25(6,7)10-2)15-26(27,20(28)29)14-16(3)34-23(32)33-8/h11-13,16H,9-10,14-15,27H2,1-8H3,(H,28,29)/t16-,26?/m0/s1. The fraction of sp³-hybridized carbons (Fsp3) is 0.615. The number of aliphatic carboxylic acids is 1. The monoisotopic (exact) mass is 509 g/mol. The van der Waals surface area contributed by atoms with E-state index in [1.54, 1.807) is 33.8 Å². The second-order valence-electron chi connectivity index (χ2n) is 10.3. The van der Waals surface area contributed by atoms with Crippen LogP contribution in [0.4, 0.5) is 4.79 Å². The highest BCUT2D eigenvalue weighted by Crippen LogP contribution is 2.35. The van der Waals surface area contributed by atoms with E-state index >= 15 is 0 Å². The zero-order valence-corrected chi connectivity index (χ0v) is 22.4. The van der Waals surface area contributed by atoms with Crippen LogP contribution in [0.15, 0.2) is 18.2 Å². The van der Waals surface area contributed by atoms with E-state index in [4.69, 9.17) is 19.9 Å². The van der Waals surface area contributed by atoms with Crippen molar-refractivity contribution in [3.63, 3.8) is 0 Å². The van der Waals surface area contributed by atoms with Gasteiger partial charge in [0.2, 0.25) is 0 Å². The largest absolute Gasteiger partial charge is 0.508 e. The maximum atomic E-state index is 12.8. The quantitative estimate of drug-likeness (QED) is 0.309. The van der Waals surface area contributed by atoms with Gasteiger partial charge in [0.15, 0.2) is 11.5 Å². The third kappa shape index (κ3) is 8.22. The lowest BCUT2D eigenvalue weighted by molar-refractivity contribution is -0.147. The molecule has 1 rings (SSSR count). The van der Waals surface area contributed by atoms with Crippen LogP contribution in [0.3, 0.4) is 0 Å². The average molecular weight is 510 g/mol. The van der Waals surface area contributed by atoms with Crippen LogP contribution < -0.4 is 15.2 Å². The van der Waals surface area contributed by atoms with Crippen LogP contribution in [-0.4, -0.2) is 47.9 Å². The van der Waals surface area contributed by atoms with Gasteiger partial charge in [0.05, 0.1) is 17.9 Å². The SMILES string of the molecule is CCC(C)(C)C(=O)Oc1ccc(CC(N)(C[C@H](C)OC(=O)OC)C(=O)O)cc1OC(=O)C(C)(C)CC. The predicted molar refractivity (Wildman–Crippen MR) is 132 cm³/mol. The minimum Gasteiger partial charge on any atom is -0.480 e. The third-order valence-corrected chi connectivity index (χ3v) is 6.35. The second-order valence-corrected chi connectivity index (χ2v) is 10.3. The van der Waals surface area contributed by atoms with Crippen molar-refractivity contribution in [2.45, 2.75) is 85.8 Å². The van der Waals surface area contributed by atoms with Gasteiger partial charge in [-0.3, -0.25) is 14.4 Å². The number of ether oxygens (including phenoxy) is 4. The van der Waals surface area contributed by atoms with Crippen molar-refractivity contribution in [3.8, 4) is 11.5 Å². The molecule has 0 amide bonds. The van der Waals surface area contributed by atoms with E-state index in [-0.39, 0.29) is 24.3 Å². The molecule has 10 heteroatoms. The number of carboxylic acid groups (broad SMARTS) is 1. The molecular formula is C26H39NO9. The maximum Gasteiger partial charge on any atom is 0.508 e. The summed E-state index contributed by atoms with van der Waals surface area (Å²) in [4.78, 5) is 48.9. The number of hydrogen-bond acceptors (Lipinski definition) is 9. The molecule has 0 saturated heterocycles. The molecule has 36 heavy (non-hydrogen) atoms. The van der Waals surface area contributed by atoms with Crippen LogP contribution in [0.2, 0.25) is 0 Å². The van der Waals surface area contributed by atoms with Crippen molar-refractivity contribution in [3.05, 3.63) is 23.8 Å². The topological polar surface area (TPSA) is 151 Å². The first-order valence-corrected chi connectivity index (χ1v) is 11.9. The fourth-order valence-electron chi connectivity index (χ4n) is 2.96. The average Bonchev–Trinajstić information content (AvgIpc) is 2.79. The normalized spacial score (nSPS) is 14.2. The minimum atomic E-state index is -1.82. The lowest BCUT2D eigenvalue weighted by atomic mass is 9.86. The number of esters is 2. The number of methoxy groups -OCH3 is 1. The minimum absolute atomic E-state index is 0.0223. The van der Waals surface area contributed by atoms with Crippen molar-refractivity contribution in [2.75, 3.05) is 7.11 Å². The number of rotatable bonds is 12. The molecule has 0 fully saturated rings. The number of benzene rings is 1. The van der Waals surface area contributed by atoms with Gasteiger partial charge in [0, 0.05) is 12.8 Å². The van der Waals surface area contributed by atoms with Crippen LogP contribution in [-0.2, 0) is 30.3 Å². The van der Waals surface area contributed by atoms with Crippen molar-refractivity contribution < 1.29 is 43.2 Å². The Morgan fingerprint density at radius 3 is 1.89 bits per heavy atom. The molecule has 3 N–H and O–H groups in total. The molecule has 0 aliphatic heterocycles. The van der Waals surface area contributed by atoms with Crippen molar-refractivity contribution in [1.82, 2.24) is 0 Å². The number of hydrogen-bond donors (Lipinski definition) is 2. The molecule has 0 heterocycles. The molecule has 0 spiro atoms. The number of carboxylic acids is 1. The Morgan fingerprint density at radius 2 is 1.44 bits per heavy atom. The van der Waals surface area contributed by atoms with Crippen LogP contribution in [0, 0.1) is 10.8 Å². The van der Waals surface area contributed by atoms with Gasteiger partial charge in [0.25, 0.3) is 0 Å². The Kier molecular flexibility index (Phi) is 10.5. The summed E-state index contributed by atoms with van der Waals surface area (Å²) in [6.45, 7) is 12.1. The number of carbonyl (C=O) groups is 4. The van der Waals surface area contributed by atoms with Gasteiger partial charge >= 0.3 is 24.1 Å². The van der Waals surface area contributed by atoms with E-state index in [2.05, 4.69) is 4.74 Å². The van der Waals surface area contributed by atoms with Crippen molar-refractivity contribution >= 4 is 24.1 Å². The Balaban J connectivity index is 3.37. The highest BCUT2D eigenvalue weighted by molar-refractivity contribution is 5.82. The first kappa shape index (κ1) is 30.9. The summed E-state index contributed by atoms with van der Waals surface area (Å²) in [6, 6.07) is 4.42. The molecule has 0 bridgehead atoms. The molecule has 10 nitrogen and oxygen atoms in total. The second kappa shape index (κ2) is 12.2. The van der Waals surface area contributed by atoms with Gasteiger partial charge in [-0.25, -0.2) is 4.79 Å². The van der Waals surface area contributed by atoms with Gasteiger partial charge in [-0.1, -0.05) is 19.9 Å². The number of nitrogens with two attached hydrogens (primary N) is 1. The fourth-order valence-corrected chi connectivity index (χ4v) is 2.96. The molecular weight excluding hydrogens is 470 g/mol. The predicted octanol–water partition coefficient (Wildman–Crippen LogP) is 4.26. The molecule has 0 radical (unpaired) electrons. The third-order valence-electron chi connectivity index (χ3n) is 6.35. The molecule has 1 aromatic carbocycles.